The van der Waals surface area contributed by atoms with Crippen LogP contribution < -0.4 is 5.32 Å². The second-order valence-electron chi connectivity index (χ2n) is 6.18. The molecule has 0 radical (unpaired) electrons. The first kappa shape index (κ1) is 17.5. The van der Waals surface area contributed by atoms with Crippen molar-refractivity contribution in [2.24, 2.45) is 0 Å². The number of carbonyl (C=O) groups is 1. The van der Waals surface area contributed by atoms with Crippen LogP contribution >= 0.6 is 0 Å². The molecule has 3 rings (SSSR count). The van der Waals surface area contributed by atoms with E-state index in [9.17, 15) is 18.0 Å². The molecule has 2 aromatic rings. The fourth-order valence-corrected chi connectivity index (χ4v) is 3.16. The first-order valence-corrected chi connectivity index (χ1v) is 7.93. The molecular weight excluding hydrogens is 337 g/mol. The number of hydrogen-bond acceptors (Lipinski definition) is 4. The Morgan fingerprint density at radius 1 is 1.36 bits per heavy atom. The van der Waals surface area contributed by atoms with Gasteiger partial charge in [-0.15, -0.1) is 0 Å². The van der Waals surface area contributed by atoms with Crippen LogP contribution in [0.2, 0.25) is 0 Å². The average molecular weight is 356 g/mol. The highest BCUT2D eigenvalue weighted by molar-refractivity contribution is 5.84. The molecule has 0 bridgehead atoms. The summed E-state index contributed by atoms with van der Waals surface area (Å²) < 4.78 is 39.0. The SMILES string of the molecule is O=C(NCC(F)(F)F)C1(n2ccnc2)CCN(Cc2cn[nH]c2)CC1. The molecule has 0 aliphatic carbocycles. The summed E-state index contributed by atoms with van der Waals surface area (Å²) in [5, 5.41) is 8.68. The highest BCUT2D eigenvalue weighted by Gasteiger charge is 2.44. The van der Waals surface area contributed by atoms with Crippen LogP contribution in [0.5, 0.6) is 0 Å². The van der Waals surface area contributed by atoms with Crippen molar-refractivity contribution in [3.05, 3.63) is 36.7 Å². The molecule has 1 fully saturated rings. The van der Waals surface area contributed by atoms with E-state index < -0.39 is 24.2 Å². The zero-order valence-electron chi connectivity index (χ0n) is 13.5. The van der Waals surface area contributed by atoms with Crippen LogP contribution in [0.25, 0.3) is 0 Å². The van der Waals surface area contributed by atoms with Crippen molar-refractivity contribution in [1.29, 1.82) is 0 Å². The normalized spacial score (nSPS) is 18.2. The molecule has 136 valence electrons. The van der Waals surface area contributed by atoms with Gasteiger partial charge in [-0.1, -0.05) is 0 Å². The number of aromatic amines is 1. The Kier molecular flexibility index (Phi) is 4.80. The van der Waals surface area contributed by atoms with Gasteiger partial charge < -0.3 is 9.88 Å². The van der Waals surface area contributed by atoms with E-state index in [0.29, 0.717) is 32.5 Å². The molecule has 0 spiro atoms. The number of hydrogen-bond donors (Lipinski definition) is 2. The molecular formula is C15H19F3N6O. The van der Waals surface area contributed by atoms with Gasteiger partial charge in [0.1, 0.15) is 12.1 Å². The Bertz CT molecular complexity index is 675. The Morgan fingerprint density at radius 3 is 2.68 bits per heavy atom. The van der Waals surface area contributed by atoms with Crippen molar-refractivity contribution in [3.8, 4) is 0 Å². The third kappa shape index (κ3) is 4.01. The number of aromatic nitrogens is 4. The van der Waals surface area contributed by atoms with Crippen molar-refractivity contribution in [2.75, 3.05) is 19.6 Å². The third-order valence-corrected chi connectivity index (χ3v) is 4.51. The lowest BCUT2D eigenvalue weighted by Crippen LogP contribution is -2.55. The van der Waals surface area contributed by atoms with E-state index in [0.717, 1.165) is 5.56 Å². The van der Waals surface area contributed by atoms with E-state index in [2.05, 4.69) is 20.1 Å². The van der Waals surface area contributed by atoms with Gasteiger partial charge in [-0.3, -0.25) is 14.8 Å². The molecule has 0 saturated carbocycles. The van der Waals surface area contributed by atoms with Crippen LogP contribution in [0.15, 0.2) is 31.1 Å². The van der Waals surface area contributed by atoms with Crippen LogP contribution in [-0.4, -0.2) is 56.4 Å². The van der Waals surface area contributed by atoms with Gasteiger partial charge in [-0.05, 0) is 12.8 Å². The summed E-state index contributed by atoms with van der Waals surface area (Å²) in [6, 6.07) is 0. The number of halogens is 3. The van der Waals surface area contributed by atoms with Gasteiger partial charge in [-0.2, -0.15) is 18.3 Å². The zero-order chi connectivity index (χ0) is 17.9. The number of nitrogens with one attached hydrogen (secondary N) is 2. The largest absolute Gasteiger partial charge is 0.405 e. The monoisotopic (exact) mass is 356 g/mol. The molecule has 10 heteroatoms. The molecule has 25 heavy (non-hydrogen) atoms. The Morgan fingerprint density at radius 2 is 2.12 bits per heavy atom. The van der Waals surface area contributed by atoms with Crippen molar-refractivity contribution < 1.29 is 18.0 Å². The number of rotatable bonds is 5. The number of alkyl halides is 3. The fraction of sp³-hybridized carbons (Fsp3) is 0.533. The number of carbonyl (C=O) groups excluding carboxylic acids is 1. The highest BCUT2D eigenvalue weighted by atomic mass is 19.4. The predicted molar refractivity (Wildman–Crippen MR) is 82.4 cm³/mol. The molecule has 0 atom stereocenters. The van der Waals surface area contributed by atoms with Gasteiger partial charge in [0.25, 0.3) is 0 Å². The van der Waals surface area contributed by atoms with E-state index in [4.69, 9.17) is 0 Å². The van der Waals surface area contributed by atoms with Crippen LogP contribution in [-0.2, 0) is 16.9 Å². The standard InChI is InChI=1S/C15H19F3N6O/c16-15(17,18)10-20-13(25)14(24-6-3-19-11-24)1-4-23(5-2-14)9-12-7-21-22-8-12/h3,6-8,11H,1-2,4-5,9-10H2,(H,20,25)(H,21,22). The van der Waals surface area contributed by atoms with Crippen molar-refractivity contribution in [2.45, 2.75) is 31.1 Å². The Hall–Kier alpha value is -2.36. The number of nitrogens with zero attached hydrogens (tertiary/aromatic N) is 4. The molecule has 1 saturated heterocycles. The maximum atomic E-state index is 12.6. The maximum Gasteiger partial charge on any atom is 0.405 e. The van der Waals surface area contributed by atoms with E-state index >= 15 is 0 Å². The average Bonchev–Trinajstić information content (AvgIpc) is 3.26. The van der Waals surface area contributed by atoms with Crippen LogP contribution in [0, 0.1) is 0 Å². The number of piperidine rings is 1. The van der Waals surface area contributed by atoms with Crippen LogP contribution in [0.4, 0.5) is 13.2 Å². The summed E-state index contributed by atoms with van der Waals surface area (Å²) in [7, 11) is 0. The fourth-order valence-electron chi connectivity index (χ4n) is 3.16. The van der Waals surface area contributed by atoms with Gasteiger partial charge in [0.05, 0.1) is 12.5 Å². The lowest BCUT2D eigenvalue weighted by molar-refractivity contribution is -0.145. The molecule has 1 aliphatic rings. The first-order chi connectivity index (χ1) is 11.9. The molecule has 1 amide bonds. The Balaban J connectivity index is 1.70. The molecule has 2 aromatic heterocycles. The minimum atomic E-state index is -4.44. The molecule has 1 aliphatic heterocycles. The minimum absolute atomic E-state index is 0.408. The topological polar surface area (TPSA) is 78.8 Å². The quantitative estimate of drug-likeness (QED) is 0.846. The van der Waals surface area contributed by atoms with Gasteiger partial charge in [0.15, 0.2) is 0 Å². The maximum absolute atomic E-state index is 12.6. The summed E-state index contributed by atoms with van der Waals surface area (Å²) in [6.45, 7) is 0.521. The number of imidazole rings is 1. The van der Waals surface area contributed by atoms with E-state index in [1.54, 1.807) is 23.2 Å². The van der Waals surface area contributed by atoms with Crippen LogP contribution in [0.3, 0.4) is 0 Å². The first-order valence-electron chi connectivity index (χ1n) is 7.93. The lowest BCUT2D eigenvalue weighted by Gasteiger charge is -2.41. The summed E-state index contributed by atoms with van der Waals surface area (Å²) in [4.78, 5) is 18.7. The number of likely N-dealkylation sites (tertiary alicyclic amines) is 1. The number of amides is 1. The van der Waals surface area contributed by atoms with E-state index in [-0.39, 0.29) is 0 Å². The van der Waals surface area contributed by atoms with Crippen molar-refractivity contribution in [3.63, 3.8) is 0 Å². The number of H-pyrrole nitrogens is 1. The summed E-state index contributed by atoms with van der Waals surface area (Å²) in [5.74, 6) is -0.620. The molecule has 7 nitrogen and oxygen atoms in total. The van der Waals surface area contributed by atoms with Crippen molar-refractivity contribution >= 4 is 5.91 Å². The van der Waals surface area contributed by atoms with Gasteiger partial charge >= 0.3 is 6.18 Å². The zero-order valence-corrected chi connectivity index (χ0v) is 13.5. The Labute approximate surface area is 142 Å². The van der Waals surface area contributed by atoms with Crippen LogP contribution in [0.1, 0.15) is 18.4 Å². The summed E-state index contributed by atoms with van der Waals surface area (Å²) in [5.41, 5.74) is -0.0223. The van der Waals surface area contributed by atoms with E-state index in [1.165, 1.54) is 12.5 Å². The third-order valence-electron chi connectivity index (χ3n) is 4.51. The van der Waals surface area contributed by atoms with E-state index in [1.807, 2.05) is 5.32 Å². The minimum Gasteiger partial charge on any atom is -0.345 e. The van der Waals surface area contributed by atoms with Gasteiger partial charge in [0, 0.05) is 43.8 Å². The lowest BCUT2D eigenvalue weighted by atomic mass is 9.86. The highest BCUT2D eigenvalue weighted by Crippen LogP contribution is 2.31. The second-order valence-corrected chi connectivity index (χ2v) is 6.18. The predicted octanol–water partition coefficient (Wildman–Crippen LogP) is 1.28. The van der Waals surface area contributed by atoms with Gasteiger partial charge in [0.2, 0.25) is 5.91 Å². The summed E-state index contributed by atoms with van der Waals surface area (Å²) >= 11 is 0. The summed E-state index contributed by atoms with van der Waals surface area (Å²) in [6.07, 6.45) is 4.54. The second kappa shape index (κ2) is 6.87. The smallest absolute Gasteiger partial charge is 0.345 e. The molecule has 0 aromatic carbocycles. The molecule has 3 heterocycles. The van der Waals surface area contributed by atoms with Crippen molar-refractivity contribution in [1.82, 2.24) is 30.0 Å². The molecule has 2 N–H and O–H groups in total. The molecule has 0 unspecified atom stereocenters. The van der Waals surface area contributed by atoms with Gasteiger partial charge in [-0.25, -0.2) is 4.98 Å².